The Balaban J connectivity index is 1.66. The lowest BCUT2D eigenvalue weighted by Crippen LogP contribution is -2.59. The molecule has 0 amide bonds. The number of alkyl halides is 3. The standard InChI is InChI=1S/C29H49F3O2/c1-7-28(34)15-14-26(5)20(17-28)16-21(18(2)9-13-27(6,33)29(30,31)32)23-22(26)10-12-25(4)11-8-19(3)24(23)25/h18-24,33-34H,7-17H2,1-6H3/t18-,19+,20+,21?,22+,23-,24+,25-,26+,27+,28+/m1/s1. The molecule has 1 unspecified atom stereocenters. The highest BCUT2D eigenvalue weighted by atomic mass is 19.4. The molecule has 2 N–H and O–H groups in total. The summed E-state index contributed by atoms with van der Waals surface area (Å²) >= 11 is 0. The number of aliphatic hydroxyl groups is 2. The molecule has 4 aliphatic carbocycles. The molecule has 4 fully saturated rings. The van der Waals surface area contributed by atoms with E-state index in [4.69, 9.17) is 0 Å². The van der Waals surface area contributed by atoms with Crippen molar-refractivity contribution in [3.63, 3.8) is 0 Å². The van der Waals surface area contributed by atoms with E-state index in [1.807, 2.05) is 0 Å². The molecular weight excluding hydrogens is 437 g/mol. The van der Waals surface area contributed by atoms with Gasteiger partial charge in [0.15, 0.2) is 5.60 Å². The van der Waals surface area contributed by atoms with Crippen molar-refractivity contribution in [2.24, 2.45) is 52.3 Å². The first kappa shape index (κ1) is 26.8. The van der Waals surface area contributed by atoms with Crippen LogP contribution in [0.15, 0.2) is 0 Å². The summed E-state index contributed by atoms with van der Waals surface area (Å²) in [6.45, 7) is 12.6. The Hall–Kier alpha value is -0.290. The third kappa shape index (κ3) is 4.27. The zero-order valence-corrected chi connectivity index (χ0v) is 22.3. The first-order valence-corrected chi connectivity index (χ1v) is 14.1. The summed E-state index contributed by atoms with van der Waals surface area (Å²) < 4.78 is 40.2. The van der Waals surface area contributed by atoms with Gasteiger partial charge in [0.25, 0.3) is 0 Å². The third-order valence-electron chi connectivity index (χ3n) is 12.2. The summed E-state index contributed by atoms with van der Waals surface area (Å²) in [5.41, 5.74) is -2.63. The van der Waals surface area contributed by atoms with Crippen LogP contribution in [0, 0.1) is 52.3 Å². The Labute approximate surface area is 205 Å². The molecule has 4 aliphatic rings. The average Bonchev–Trinajstić information content (AvgIpc) is 3.06. The van der Waals surface area contributed by atoms with E-state index in [0.717, 1.165) is 39.0 Å². The number of hydrogen-bond acceptors (Lipinski definition) is 2. The largest absolute Gasteiger partial charge is 0.416 e. The van der Waals surface area contributed by atoms with Crippen LogP contribution in [0.3, 0.4) is 0 Å². The van der Waals surface area contributed by atoms with E-state index < -0.39 is 17.4 Å². The molecule has 34 heavy (non-hydrogen) atoms. The summed E-state index contributed by atoms with van der Waals surface area (Å²) in [6, 6.07) is 0. The summed E-state index contributed by atoms with van der Waals surface area (Å²) in [7, 11) is 0. The second kappa shape index (κ2) is 8.64. The molecule has 0 bridgehead atoms. The van der Waals surface area contributed by atoms with Gasteiger partial charge in [-0.3, -0.25) is 0 Å². The molecule has 0 aromatic rings. The van der Waals surface area contributed by atoms with Gasteiger partial charge in [-0.2, -0.15) is 13.2 Å². The summed E-state index contributed by atoms with van der Waals surface area (Å²) in [5.74, 6) is 3.41. The topological polar surface area (TPSA) is 40.5 Å². The maximum absolute atomic E-state index is 13.4. The Kier molecular flexibility index (Phi) is 6.80. The monoisotopic (exact) mass is 486 g/mol. The van der Waals surface area contributed by atoms with Gasteiger partial charge in [0.2, 0.25) is 0 Å². The van der Waals surface area contributed by atoms with Crippen LogP contribution in [-0.2, 0) is 0 Å². The fourth-order valence-corrected chi connectivity index (χ4v) is 9.61. The predicted molar refractivity (Wildman–Crippen MR) is 130 cm³/mol. The van der Waals surface area contributed by atoms with E-state index in [0.29, 0.717) is 47.3 Å². The Morgan fingerprint density at radius 2 is 1.71 bits per heavy atom. The lowest BCUT2D eigenvalue weighted by Gasteiger charge is -2.65. The van der Waals surface area contributed by atoms with Crippen molar-refractivity contribution in [1.29, 1.82) is 0 Å². The number of fused-ring (bicyclic) bond motifs is 5. The summed E-state index contributed by atoms with van der Waals surface area (Å²) in [4.78, 5) is 0. The highest BCUT2D eigenvalue weighted by Gasteiger charge is 2.63. The van der Waals surface area contributed by atoms with Crippen molar-refractivity contribution in [3.8, 4) is 0 Å². The van der Waals surface area contributed by atoms with E-state index in [1.54, 1.807) is 0 Å². The van der Waals surface area contributed by atoms with E-state index >= 15 is 0 Å². The van der Waals surface area contributed by atoms with Crippen LogP contribution in [0.1, 0.15) is 112 Å². The fraction of sp³-hybridized carbons (Fsp3) is 1.00. The van der Waals surface area contributed by atoms with Gasteiger partial charge < -0.3 is 10.2 Å². The molecular formula is C29H49F3O2. The first-order valence-electron chi connectivity index (χ1n) is 14.1. The maximum Gasteiger partial charge on any atom is 0.416 e. The quantitative estimate of drug-likeness (QED) is 0.417. The molecule has 0 radical (unpaired) electrons. The van der Waals surface area contributed by atoms with Gasteiger partial charge >= 0.3 is 6.18 Å². The highest BCUT2D eigenvalue weighted by molar-refractivity contribution is 5.12. The van der Waals surface area contributed by atoms with Gasteiger partial charge in [0.1, 0.15) is 0 Å². The lowest BCUT2D eigenvalue weighted by atomic mass is 9.40. The molecule has 0 saturated heterocycles. The Morgan fingerprint density at radius 3 is 2.32 bits per heavy atom. The van der Waals surface area contributed by atoms with E-state index in [9.17, 15) is 23.4 Å². The number of halogens is 3. The van der Waals surface area contributed by atoms with Crippen LogP contribution in [0.25, 0.3) is 0 Å². The van der Waals surface area contributed by atoms with E-state index in [1.165, 1.54) is 25.7 Å². The minimum absolute atomic E-state index is 0.137. The van der Waals surface area contributed by atoms with Crippen molar-refractivity contribution in [2.75, 3.05) is 0 Å². The Morgan fingerprint density at radius 1 is 1.06 bits per heavy atom. The van der Waals surface area contributed by atoms with Crippen LogP contribution >= 0.6 is 0 Å². The zero-order chi connectivity index (χ0) is 25.3. The number of hydrogen-bond donors (Lipinski definition) is 2. The van der Waals surface area contributed by atoms with Gasteiger partial charge in [-0.05, 0) is 130 Å². The average molecular weight is 487 g/mol. The minimum atomic E-state index is -4.59. The SMILES string of the molecule is CC[C@]1(O)CC[C@@]2(C)[C@@H](CC([C@H](C)CC[C@](C)(O)C(F)(F)F)[C@H]3[C@@H]4[C@@H](C)CC[C@]4(C)CC[C@@H]32)C1. The molecule has 4 saturated carbocycles. The van der Waals surface area contributed by atoms with Crippen molar-refractivity contribution in [1.82, 2.24) is 0 Å². The molecule has 198 valence electrons. The number of rotatable bonds is 5. The smallest absolute Gasteiger partial charge is 0.390 e. The predicted octanol–water partition coefficient (Wildman–Crippen LogP) is 7.76. The van der Waals surface area contributed by atoms with Crippen molar-refractivity contribution >= 4 is 0 Å². The maximum atomic E-state index is 13.4. The minimum Gasteiger partial charge on any atom is -0.390 e. The third-order valence-corrected chi connectivity index (χ3v) is 12.2. The normalized spacial score (nSPS) is 49.5. The fourth-order valence-electron chi connectivity index (χ4n) is 9.61. The van der Waals surface area contributed by atoms with Crippen LogP contribution in [-0.4, -0.2) is 27.6 Å². The van der Waals surface area contributed by atoms with Gasteiger partial charge in [-0.25, -0.2) is 0 Å². The van der Waals surface area contributed by atoms with Crippen molar-refractivity contribution in [3.05, 3.63) is 0 Å². The lowest BCUT2D eigenvalue weighted by molar-refractivity contribution is -0.256. The van der Waals surface area contributed by atoms with E-state index in [-0.39, 0.29) is 17.8 Å². The molecule has 5 heteroatoms. The van der Waals surface area contributed by atoms with Crippen LogP contribution in [0.4, 0.5) is 13.2 Å². The highest BCUT2D eigenvalue weighted by Crippen LogP contribution is 2.70. The van der Waals surface area contributed by atoms with Crippen LogP contribution < -0.4 is 0 Å². The van der Waals surface area contributed by atoms with Gasteiger partial charge in [-0.1, -0.05) is 34.6 Å². The molecule has 0 heterocycles. The summed E-state index contributed by atoms with van der Waals surface area (Å²) in [5, 5.41) is 21.4. The van der Waals surface area contributed by atoms with Crippen LogP contribution in [0.5, 0.6) is 0 Å². The van der Waals surface area contributed by atoms with E-state index in [2.05, 4.69) is 34.6 Å². The second-order valence-electron chi connectivity index (χ2n) is 14.1. The van der Waals surface area contributed by atoms with Gasteiger partial charge in [0.05, 0.1) is 5.60 Å². The molecule has 4 rings (SSSR count). The zero-order valence-electron chi connectivity index (χ0n) is 22.3. The Bertz CT molecular complexity index is 750. The first-order chi connectivity index (χ1) is 15.6. The molecule has 0 spiro atoms. The van der Waals surface area contributed by atoms with Crippen molar-refractivity contribution in [2.45, 2.75) is 130 Å². The summed E-state index contributed by atoms with van der Waals surface area (Å²) in [6.07, 6.45) is 5.22. The molecule has 0 aromatic carbocycles. The van der Waals surface area contributed by atoms with Crippen LogP contribution in [0.2, 0.25) is 0 Å². The van der Waals surface area contributed by atoms with Gasteiger partial charge in [-0.15, -0.1) is 0 Å². The molecule has 2 nitrogen and oxygen atoms in total. The molecule has 0 aliphatic heterocycles. The van der Waals surface area contributed by atoms with Crippen molar-refractivity contribution < 1.29 is 23.4 Å². The second-order valence-corrected chi connectivity index (χ2v) is 14.1. The molecule has 0 aromatic heterocycles. The molecule has 11 atom stereocenters. The van der Waals surface area contributed by atoms with Gasteiger partial charge in [0, 0.05) is 0 Å².